The van der Waals surface area contributed by atoms with Gasteiger partial charge in [-0.3, -0.25) is 4.57 Å². The summed E-state index contributed by atoms with van der Waals surface area (Å²) in [6, 6.07) is 73.2. The van der Waals surface area contributed by atoms with Gasteiger partial charge in [0.1, 0.15) is 23.2 Å². The van der Waals surface area contributed by atoms with Crippen molar-refractivity contribution < 1.29 is 4.42 Å². The summed E-state index contributed by atoms with van der Waals surface area (Å²) >= 11 is 0. The summed E-state index contributed by atoms with van der Waals surface area (Å²) < 4.78 is 8.92. The van der Waals surface area contributed by atoms with Gasteiger partial charge in [0.25, 0.3) is 0 Å². The molecular weight excluding hydrogens is 721 g/mol. The second-order valence-corrected chi connectivity index (χ2v) is 15.2. The quantitative estimate of drug-likeness (QED) is 0.184. The standard InChI is InChI=1S/C54H36N4O/c1-3-13-37(14-4-1)53-55-47-19-9-11-21-49(47)57(53)40-28-23-35(24-29-40)39-27-32-51-45(33-39)46-34-44(42-17-7-8-18-43(42)52(46)59-51)36-25-30-41(31-26-36)58-50-22-12-10-20-48(50)56-54(58)38-15-5-2-6-16-38/h1-34,53,55H. The second kappa shape index (κ2) is 13.4. The Bertz CT molecular complexity index is 3350. The zero-order valence-electron chi connectivity index (χ0n) is 32.0. The number of aromatic nitrogens is 2. The van der Waals surface area contributed by atoms with Crippen molar-refractivity contribution in [3.8, 4) is 39.3 Å². The minimum atomic E-state index is 0.00543. The number of hydrogen-bond donors (Lipinski definition) is 1. The van der Waals surface area contributed by atoms with Gasteiger partial charge in [-0.25, -0.2) is 4.98 Å². The van der Waals surface area contributed by atoms with Crippen LogP contribution in [0.5, 0.6) is 0 Å². The summed E-state index contributed by atoms with van der Waals surface area (Å²) in [7, 11) is 0. The van der Waals surface area contributed by atoms with E-state index in [1.807, 2.05) is 12.1 Å². The normalized spacial score (nSPS) is 13.7. The molecule has 278 valence electrons. The van der Waals surface area contributed by atoms with Gasteiger partial charge in [0, 0.05) is 33.1 Å². The van der Waals surface area contributed by atoms with Crippen molar-refractivity contribution in [3.63, 3.8) is 0 Å². The zero-order chi connectivity index (χ0) is 38.9. The molecule has 0 spiro atoms. The second-order valence-electron chi connectivity index (χ2n) is 15.2. The fourth-order valence-corrected chi connectivity index (χ4v) is 9.00. The molecule has 1 aliphatic heterocycles. The van der Waals surface area contributed by atoms with Crippen LogP contribution in [-0.2, 0) is 0 Å². The van der Waals surface area contributed by atoms with Crippen LogP contribution >= 0.6 is 0 Å². The molecule has 0 radical (unpaired) electrons. The van der Waals surface area contributed by atoms with Crippen molar-refractivity contribution in [1.29, 1.82) is 0 Å². The van der Waals surface area contributed by atoms with Crippen LogP contribution < -0.4 is 10.2 Å². The molecule has 0 fully saturated rings. The lowest BCUT2D eigenvalue weighted by atomic mass is 9.94. The van der Waals surface area contributed by atoms with Crippen LogP contribution in [0.2, 0.25) is 0 Å². The van der Waals surface area contributed by atoms with Gasteiger partial charge in [0.15, 0.2) is 0 Å². The summed E-state index contributed by atoms with van der Waals surface area (Å²) in [5.74, 6) is 0.927. The number of imidazole rings is 1. The Hall–Kier alpha value is -7.89. The van der Waals surface area contributed by atoms with E-state index in [0.717, 1.165) is 88.9 Å². The third-order valence-corrected chi connectivity index (χ3v) is 11.8. The van der Waals surface area contributed by atoms with E-state index in [1.165, 1.54) is 16.8 Å². The van der Waals surface area contributed by atoms with E-state index in [0.29, 0.717) is 0 Å². The lowest BCUT2D eigenvalue weighted by Gasteiger charge is -2.27. The largest absolute Gasteiger partial charge is 0.455 e. The number of nitrogens with one attached hydrogen (secondary N) is 1. The Morgan fingerprint density at radius 2 is 1.14 bits per heavy atom. The van der Waals surface area contributed by atoms with Crippen molar-refractivity contribution in [2.75, 3.05) is 10.2 Å². The van der Waals surface area contributed by atoms with Crippen molar-refractivity contribution in [1.82, 2.24) is 9.55 Å². The zero-order valence-corrected chi connectivity index (χ0v) is 32.0. The van der Waals surface area contributed by atoms with Crippen molar-refractivity contribution in [2.24, 2.45) is 0 Å². The Morgan fingerprint density at radius 3 is 1.97 bits per heavy atom. The van der Waals surface area contributed by atoms with E-state index < -0.39 is 0 Å². The van der Waals surface area contributed by atoms with Gasteiger partial charge >= 0.3 is 0 Å². The van der Waals surface area contributed by atoms with Gasteiger partial charge in [-0.2, -0.15) is 0 Å². The average Bonchev–Trinajstić information content (AvgIpc) is 4.01. The molecule has 5 nitrogen and oxygen atoms in total. The minimum Gasteiger partial charge on any atom is -0.455 e. The van der Waals surface area contributed by atoms with Gasteiger partial charge in [-0.1, -0.05) is 140 Å². The highest BCUT2D eigenvalue weighted by Gasteiger charge is 2.31. The Kier molecular flexibility index (Phi) is 7.53. The molecule has 1 atom stereocenters. The molecule has 0 aliphatic carbocycles. The van der Waals surface area contributed by atoms with E-state index in [1.54, 1.807) is 0 Å². The molecule has 1 N–H and O–H groups in total. The number of para-hydroxylation sites is 4. The molecule has 3 heterocycles. The highest BCUT2D eigenvalue weighted by Crippen LogP contribution is 2.47. The Balaban J connectivity index is 0.935. The van der Waals surface area contributed by atoms with E-state index >= 15 is 0 Å². The average molecular weight is 757 g/mol. The number of fused-ring (bicyclic) bond motifs is 7. The van der Waals surface area contributed by atoms with Gasteiger partial charge in [-0.15, -0.1) is 0 Å². The van der Waals surface area contributed by atoms with E-state index in [4.69, 9.17) is 9.40 Å². The summed E-state index contributed by atoms with van der Waals surface area (Å²) in [6.07, 6.45) is 0.00543. The number of nitrogens with zero attached hydrogens (tertiary/aromatic N) is 3. The number of benzene rings is 9. The van der Waals surface area contributed by atoms with E-state index in [-0.39, 0.29) is 6.17 Å². The molecule has 0 saturated carbocycles. The minimum absolute atomic E-state index is 0.00543. The maximum Gasteiger partial charge on any atom is 0.145 e. The first-order valence-electron chi connectivity index (χ1n) is 20.1. The molecule has 11 aromatic rings. The molecule has 0 saturated heterocycles. The van der Waals surface area contributed by atoms with E-state index in [2.05, 4.69) is 209 Å². The molecule has 1 aliphatic rings. The fourth-order valence-electron chi connectivity index (χ4n) is 9.00. The van der Waals surface area contributed by atoms with Gasteiger partial charge < -0.3 is 14.6 Å². The van der Waals surface area contributed by atoms with Gasteiger partial charge in [0.05, 0.1) is 22.4 Å². The molecular formula is C54H36N4O. The summed E-state index contributed by atoms with van der Waals surface area (Å²) in [5, 5.41) is 8.21. The van der Waals surface area contributed by atoms with Crippen LogP contribution in [0.25, 0.3) is 83.1 Å². The van der Waals surface area contributed by atoms with Crippen LogP contribution in [0.1, 0.15) is 11.7 Å². The maximum absolute atomic E-state index is 6.66. The molecule has 5 heteroatoms. The first kappa shape index (κ1) is 33.3. The van der Waals surface area contributed by atoms with Crippen LogP contribution in [0.15, 0.2) is 211 Å². The fraction of sp³-hybridized carbons (Fsp3) is 0.0185. The highest BCUT2D eigenvalue weighted by atomic mass is 16.3. The highest BCUT2D eigenvalue weighted by molar-refractivity contribution is 6.19. The topological polar surface area (TPSA) is 46.2 Å². The first-order chi connectivity index (χ1) is 29.2. The van der Waals surface area contributed by atoms with Crippen molar-refractivity contribution in [3.05, 3.63) is 212 Å². The smallest absolute Gasteiger partial charge is 0.145 e. The molecule has 59 heavy (non-hydrogen) atoms. The lowest BCUT2D eigenvalue weighted by Crippen LogP contribution is -2.23. The van der Waals surface area contributed by atoms with Crippen molar-refractivity contribution >= 4 is 60.8 Å². The van der Waals surface area contributed by atoms with E-state index in [9.17, 15) is 0 Å². The Morgan fingerprint density at radius 1 is 0.475 bits per heavy atom. The van der Waals surface area contributed by atoms with Gasteiger partial charge in [-0.05, 0) is 99.9 Å². The molecule has 1 unspecified atom stereocenters. The predicted molar refractivity (Wildman–Crippen MR) is 244 cm³/mol. The van der Waals surface area contributed by atoms with Crippen LogP contribution in [0.3, 0.4) is 0 Å². The molecule has 12 rings (SSSR count). The number of anilines is 3. The summed E-state index contributed by atoms with van der Waals surface area (Å²) in [5.41, 5.74) is 15.3. The molecule has 0 amide bonds. The SMILES string of the molecule is c1ccc(-c2nc3ccccc3n2-c2ccc(-c3cc4c5cc(-c6ccc(N7c8ccccc8NC7c7ccccc7)cc6)ccc5oc4c4ccccc34)cc2)cc1. The Labute approximate surface area is 341 Å². The summed E-state index contributed by atoms with van der Waals surface area (Å²) in [4.78, 5) is 7.45. The number of rotatable bonds is 6. The van der Waals surface area contributed by atoms with Crippen LogP contribution in [0.4, 0.5) is 17.1 Å². The number of hydrogen-bond acceptors (Lipinski definition) is 4. The first-order valence-corrected chi connectivity index (χ1v) is 20.1. The van der Waals surface area contributed by atoms with Gasteiger partial charge in [0.2, 0.25) is 0 Å². The third-order valence-electron chi connectivity index (χ3n) is 11.8. The summed E-state index contributed by atoms with van der Waals surface area (Å²) in [6.45, 7) is 0. The third kappa shape index (κ3) is 5.43. The van der Waals surface area contributed by atoms with Crippen LogP contribution in [-0.4, -0.2) is 9.55 Å². The van der Waals surface area contributed by atoms with Crippen molar-refractivity contribution in [2.45, 2.75) is 6.17 Å². The molecule has 9 aromatic carbocycles. The molecule has 0 bridgehead atoms. The lowest BCUT2D eigenvalue weighted by molar-refractivity contribution is 0.673. The predicted octanol–water partition coefficient (Wildman–Crippen LogP) is 14.3. The van der Waals surface area contributed by atoms with Crippen LogP contribution in [0, 0.1) is 0 Å². The molecule has 2 aromatic heterocycles. The maximum atomic E-state index is 6.66. The number of furan rings is 1. The monoisotopic (exact) mass is 756 g/mol.